The van der Waals surface area contributed by atoms with Gasteiger partial charge >= 0.3 is 6.61 Å². The van der Waals surface area contributed by atoms with Crippen molar-refractivity contribution in [2.24, 2.45) is 0 Å². The average Bonchev–Trinajstić information content (AvgIpc) is 2.69. The fourth-order valence-corrected chi connectivity index (χ4v) is 2.68. The van der Waals surface area contributed by atoms with Crippen LogP contribution in [0.5, 0.6) is 5.75 Å². The molecule has 0 bridgehead atoms. The second kappa shape index (κ2) is 7.96. The summed E-state index contributed by atoms with van der Waals surface area (Å²) >= 11 is 0. The highest BCUT2D eigenvalue weighted by Crippen LogP contribution is 2.18. The van der Waals surface area contributed by atoms with Gasteiger partial charge in [-0.15, -0.1) is 0 Å². The third kappa shape index (κ3) is 5.69. The third-order valence-corrected chi connectivity index (χ3v) is 3.73. The number of nitrogens with one attached hydrogen (secondary N) is 1. The first-order valence-electron chi connectivity index (χ1n) is 7.46. The van der Waals surface area contributed by atoms with Crippen LogP contribution in [-0.2, 0) is 11.2 Å². The maximum absolute atomic E-state index is 12.0. The highest BCUT2D eigenvalue weighted by Gasteiger charge is 2.15. The first-order chi connectivity index (χ1) is 10.1. The summed E-state index contributed by atoms with van der Waals surface area (Å²) in [5.74, 6) is 0.0994. The Bertz CT molecular complexity index is 440. The number of halogens is 2. The number of alkyl halides is 2. The van der Waals surface area contributed by atoms with Gasteiger partial charge in [0.15, 0.2) is 0 Å². The van der Waals surface area contributed by atoms with Gasteiger partial charge in [-0.2, -0.15) is 8.78 Å². The van der Waals surface area contributed by atoms with Gasteiger partial charge in [0.1, 0.15) is 5.75 Å². The van der Waals surface area contributed by atoms with Crippen molar-refractivity contribution < 1.29 is 18.3 Å². The van der Waals surface area contributed by atoms with Crippen LogP contribution in [-0.4, -0.2) is 18.6 Å². The standard InChI is InChI=1S/C16H21F2NO2/c17-16(18)21-14-9-7-12(8-10-14)11-15(20)19-13-5-3-1-2-4-6-13/h7-10,13,16H,1-6,11H2,(H,19,20). The van der Waals surface area contributed by atoms with E-state index in [9.17, 15) is 13.6 Å². The molecule has 5 heteroatoms. The summed E-state index contributed by atoms with van der Waals surface area (Å²) in [6, 6.07) is 6.48. The second-order valence-electron chi connectivity index (χ2n) is 5.46. The van der Waals surface area contributed by atoms with Gasteiger partial charge in [0.25, 0.3) is 0 Å². The van der Waals surface area contributed by atoms with E-state index >= 15 is 0 Å². The van der Waals surface area contributed by atoms with Crippen LogP contribution >= 0.6 is 0 Å². The minimum absolute atomic E-state index is 0.00979. The number of amides is 1. The van der Waals surface area contributed by atoms with Crippen molar-refractivity contribution in [1.29, 1.82) is 0 Å². The van der Waals surface area contributed by atoms with Gasteiger partial charge in [-0.3, -0.25) is 4.79 Å². The van der Waals surface area contributed by atoms with E-state index in [0.717, 1.165) is 18.4 Å². The van der Waals surface area contributed by atoms with Gasteiger partial charge in [-0.05, 0) is 30.5 Å². The maximum Gasteiger partial charge on any atom is 0.387 e. The maximum atomic E-state index is 12.0. The molecule has 0 atom stereocenters. The van der Waals surface area contributed by atoms with Crippen LogP contribution in [0, 0.1) is 0 Å². The SMILES string of the molecule is O=C(Cc1ccc(OC(F)F)cc1)NC1CCCCCC1. The van der Waals surface area contributed by atoms with Gasteiger partial charge < -0.3 is 10.1 Å². The van der Waals surface area contributed by atoms with E-state index in [1.54, 1.807) is 12.1 Å². The first kappa shape index (κ1) is 15.7. The van der Waals surface area contributed by atoms with Crippen LogP contribution in [0.2, 0.25) is 0 Å². The van der Waals surface area contributed by atoms with E-state index in [-0.39, 0.29) is 24.1 Å². The number of hydrogen-bond acceptors (Lipinski definition) is 2. The Morgan fingerprint density at radius 2 is 1.76 bits per heavy atom. The Balaban J connectivity index is 1.81. The molecule has 1 saturated carbocycles. The van der Waals surface area contributed by atoms with Crippen molar-refractivity contribution in [1.82, 2.24) is 5.32 Å². The lowest BCUT2D eigenvalue weighted by molar-refractivity contribution is -0.121. The Morgan fingerprint density at radius 1 is 1.14 bits per heavy atom. The molecule has 0 unspecified atom stereocenters. The normalized spacial score (nSPS) is 16.5. The van der Waals surface area contributed by atoms with Crippen molar-refractivity contribution in [2.45, 2.75) is 57.6 Å². The number of hydrogen-bond donors (Lipinski definition) is 1. The molecule has 21 heavy (non-hydrogen) atoms. The number of rotatable bonds is 5. The van der Waals surface area contributed by atoms with Gasteiger partial charge in [0.2, 0.25) is 5.91 Å². The van der Waals surface area contributed by atoms with E-state index in [2.05, 4.69) is 10.1 Å². The molecule has 1 amide bonds. The van der Waals surface area contributed by atoms with Gasteiger partial charge in [-0.25, -0.2) is 0 Å². The molecule has 0 aromatic heterocycles. The predicted molar refractivity (Wildman–Crippen MR) is 76.4 cm³/mol. The number of carbonyl (C=O) groups excluding carboxylic acids is 1. The molecule has 116 valence electrons. The molecule has 0 aliphatic heterocycles. The molecule has 0 heterocycles. The van der Waals surface area contributed by atoms with Gasteiger partial charge in [-0.1, -0.05) is 37.8 Å². The lowest BCUT2D eigenvalue weighted by Gasteiger charge is -2.16. The summed E-state index contributed by atoms with van der Waals surface area (Å²) in [5, 5.41) is 3.06. The topological polar surface area (TPSA) is 38.3 Å². The molecule has 1 N–H and O–H groups in total. The highest BCUT2D eigenvalue weighted by molar-refractivity contribution is 5.78. The van der Waals surface area contributed by atoms with Crippen LogP contribution < -0.4 is 10.1 Å². The van der Waals surface area contributed by atoms with Crippen molar-refractivity contribution >= 4 is 5.91 Å². The summed E-state index contributed by atoms with van der Waals surface area (Å²) in [6.45, 7) is -2.82. The first-order valence-corrected chi connectivity index (χ1v) is 7.46. The van der Waals surface area contributed by atoms with Crippen molar-refractivity contribution in [3.05, 3.63) is 29.8 Å². The third-order valence-electron chi connectivity index (χ3n) is 3.73. The van der Waals surface area contributed by atoms with E-state index in [1.807, 2.05) is 0 Å². The number of ether oxygens (including phenoxy) is 1. The minimum Gasteiger partial charge on any atom is -0.435 e. The molecule has 1 aliphatic carbocycles. The molecule has 1 fully saturated rings. The Hall–Kier alpha value is -1.65. The second-order valence-corrected chi connectivity index (χ2v) is 5.46. The number of benzene rings is 1. The van der Waals surface area contributed by atoms with E-state index in [0.29, 0.717) is 0 Å². The fourth-order valence-electron chi connectivity index (χ4n) is 2.68. The Morgan fingerprint density at radius 3 is 2.33 bits per heavy atom. The lowest BCUT2D eigenvalue weighted by Crippen LogP contribution is -2.35. The van der Waals surface area contributed by atoms with Crippen molar-refractivity contribution in [2.75, 3.05) is 0 Å². The molecule has 0 saturated heterocycles. The van der Waals surface area contributed by atoms with Crippen LogP contribution in [0.1, 0.15) is 44.1 Å². The molecule has 1 aromatic carbocycles. The van der Waals surface area contributed by atoms with Crippen LogP contribution in [0.3, 0.4) is 0 Å². The predicted octanol–water partition coefficient (Wildman–Crippen LogP) is 3.67. The summed E-state index contributed by atoms with van der Waals surface area (Å²) in [4.78, 5) is 12.0. The molecule has 1 aliphatic rings. The molecule has 0 spiro atoms. The summed E-state index contributed by atoms with van der Waals surface area (Å²) in [5.41, 5.74) is 0.794. The minimum atomic E-state index is -2.82. The molecule has 2 rings (SSSR count). The van der Waals surface area contributed by atoms with Gasteiger partial charge in [0.05, 0.1) is 6.42 Å². The molecule has 0 radical (unpaired) electrons. The monoisotopic (exact) mass is 297 g/mol. The Labute approximate surface area is 123 Å². The fraction of sp³-hybridized carbons (Fsp3) is 0.562. The van der Waals surface area contributed by atoms with Gasteiger partial charge in [0, 0.05) is 6.04 Å². The summed E-state index contributed by atoms with van der Waals surface area (Å²) < 4.78 is 28.4. The zero-order valence-electron chi connectivity index (χ0n) is 12.0. The van der Waals surface area contributed by atoms with Crippen molar-refractivity contribution in [3.63, 3.8) is 0 Å². The summed E-state index contributed by atoms with van der Waals surface area (Å²) in [6.07, 6.45) is 7.20. The lowest BCUT2D eigenvalue weighted by atomic mass is 10.1. The van der Waals surface area contributed by atoms with Crippen LogP contribution in [0.15, 0.2) is 24.3 Å². The number of carbonyl (C=O) groups is 1. The quantitative estimate of drug-likeness (QED) is 0.842. The highest BCUT2D eigenvalue weighted by atomic mass is 19.3. The Kier molecular flexibility index (Phi) is 5.96. The van der Waals surface area contributed by atoms with Crippen LogP contribution in [0.25, 0.3) is 0 Å². The molecule has 1 aromatic rings. The summed E-state index contributed by atoms with van der Waals surface area (Å²) in [7, 11) is 0. The largest absolute Gasteiger partial charge is 0.435 e. The molecular formula is C16H21F2NO2. The average molecular weight is 297 g/mol. The van der Waals surface area contributed by atoms with Crippen LogP contribution in [0.4, 0.5) is 8.78 Å². The smallest absolute Gasteiger partial charge is 0.387 e. The molecule has 3 nitrogen and oxygen atoms in total. The molecular weight excluding hydrogens is 276 g/mol. The van der Waals surface area contributed by atoms with E-state index in [4.69, 9.17) is 0 Å². The van der Waals surface area contributed by atoms with E-state index in [1.165, 1.54) is 37.8 Å². The van der Waals surface area contributed by atoms with Crippen molar-refractivity contribution in [3.8, 4) is 5.75 Å². The van der Waals surface area contributed by atoms with E-state index < -0.39 is 6.61 Å². The zero-order valence-corrected chi connectivity index (χ0v) is 12.0. The zero-order chi connectivity index (χ0) is 15.1.